The normalized spacial score (nSPS) is 14.6. The lowest BCUT2D eigenvalue weighted by Crippen LogP contribution is -2.30. The van der Waals surface area contributed by atoms with E-state index in [4.69, 9.17) is 18.9 Å². The van der Waals surface area contributed by atoms with Crippen molar-refractivity contribution in [3.8, 4) is 23.7 Å². The van der Waals surface area contributed by atoms with Gasteiger partial charge in [0.1, 0.15) is 0 Å². The second-order valence-electron chi connectivity index (χ2n) is 8.96. The van der Waals surface area contributed by atoms with Crippen molar-refractivity contribution in [3.63, 3.8) is 0 Å². The molecule has 0 aromatic heterocycles. The maximum Gasteiger partial charge on any atom is 0.509 e. The largest absolute Gasteiger partial charge is 0.509 e. The maximum atomic E-state index is 12.5. The Morgan fingerprint density at radius 3 is 2.25 bits per heavy atom. The molecule has 7 heteroatoms. The van der Waals surface area contributed by atoms with Crippen LogP contribution in [0.5, 0.6) is 0 Å². The molecule has 40 heavy (non-hydrogen) atoms. The number of ether oxygens (including phenoxy) is 4. The SMILES string of the molecule is CCOC(=O)C(Cc1ccccc1C#CC(OC(=O)OC)c1ccccc1C#CC1C=CCCC1)C(=O)OCC. The first-order valence-electron chi connectivity index (χ1n) is 13.4. The van der Waals surface area contributed by atoms with Gasteiger partial charge < -0.3 is 18.9 Å². The zero-order valence-electron chi connectivity index (χ0n) is 23.1. The third-order valence-corrected chi connectivity index (χ3v) is 6.19. The van der Waals surface area contributed by atoms with E-state index < -0.39 is 30.1 Å². The van der Waals surface area contributed by atoms with E-state index in [2.05, 4.69) is 35.8 Å². The first-order chi connectivity index (χ1) is 19.5. The molecule has 0 N–H and O–H groups in total. The van der Waals surface area contributed by atoms with E-state index in [0.717, 1.165) is 19.3 Å². The number of esters is 2. The highest BCUT2D eigenvalue weighted by atomic mass is 16.7. The average Bonchev–Trinajstić information content (AvgIpc) is 2.98. The minimum absolute atomic E-state index is 0.0437. The van der Waals surface area contributed by atoms with Gasteiger partial charge in [-0.2, -0.15) is 0 Å². The molecule has 0 saturated heterocycles. The molecule has 0 fully saturated rings. The molecule has 1 aliphatic carbocycles. The fourth-order valence-electron chi connectivity index (χ4n) is 4.19. The van der Waals surface area contributed by atoms with Crippen molar-refractivity contribution in [2.75, 3.05) is 20.3 Å². The number of hydrogen-bond acceptors (Lipinski definition) is 7. The van der Waals surface area contributed by atoms with E-state index in [0.29, 0.717) is 22.3 Å². The molecule has 7 nitrogen and oxygen atoms in total. The van der Waals surface area contributed by atoms with Gasteiger partial charge in [0, 0.05) is 22.6 Å². The number of carbonyl (C=O) groups excluding carboxylic acids is 3. The topological polar surface area (TPSA) is 88.1 Å². The molecular formula is C33H34O7. The molecule has 1 aliphatic rings. The Bertz CT molecular complexity index is 1320. The number of benzene rings is 2. The molecule has 3 rings (SSSR count). The third kappa shape index (κ3) is 8.78. The van der Waals surface area contributed by atoms with Crippen LogP contribution in [0, 0.1) is 35.5 Å². The summed E-state index contributed by atoms with van der Waals surface area (Å²) in [6.07, 6.45) is 5.64. The summed E-state index contributed by atoms with van der Waals surface area (Å²) in [5, 5.41) is 0. The van der Waals surface area contributed by atoms with Crippen LogP contribution in [-0.4, -0.2) is 38.4 Å². The van der Waals surface area contributed by atoms with Gasteiger partial charge in [-0.3, -0.25) is 9.59 Å². The summed E-state index contributed by atoms with van der Waals surface area (Å²) in [7, 11) is 1.23. The Morgan fingerprint density at radius 2 is 1.60 bits per heavy atom. The van der Waals surface area contributed by atoms with Crippen molar-refractivity contribution in [1.29, 1.82) is 0 Å². The first-order valence-corrected chi connectivity index (χ1v) is 13.4. The standard InChI is InChI=1S/C33H34O7/c1-4-38-31(34)29(32(35)39-5-2)23-27-17-10-9-15-25(27)21-22-30(40-33(36)37-3)28-18-12-11-16-26(28)20-19-24-13-7-6-8-14-24/h7,9-13,15-18,24,29-30H,4-6,8,14,23H2,1-3H3. The zero-order valence-corrected chi connectivity index (χ0v) is 23.1. The van der Waals surface area contributed by atoms with Crippen LogP contribution in [0.4, 0.5) is 4.79 Å². The lowest BCUT2D eigenvalue weighted by Gasteiger charge is -2.16. The quantitative estimate of drug-likeness (QED) is 0.142. The lowest BCUT2D eigenvalue weighted by molar-refractivity contribution is -0.161. The summed E-state index contributed by atoms with van der Waals surface area (Å²) in [5.74, 6) is 10.4. The van der Waals surface area contributed by atoms with E-state index in [9.17, 15) is 14.4 Å². The molecule has 2 atom stereocenters. The number of allylic oxidation sites excluding steroid dienone is 2. The van der Waals surface area contributed by atoms with Gasteiger partial charge in [-0.05, 0) is 63.1 Å². The molecule has 0 spiro atoms. The number of methoxy groups -OCH3 is 1. The molecule has 0 heterocycles. The van der Waals surface area contributed by atoms with E-state index in [1.807, 2.05) is 24.3 Å². The van der Waals surface area contributed by atoms with Crippen LogP contribution in [0.2, 0.25) is 0 Å². The summed E-state index contributed by atoms with van der Waals surface area (Å²) in [5.41, 5.74) is 2.54. The zero-order chi connectivity index (χ0) is 28.7. The van der Waals surface area contributed by atoms with Gasteiger partial charge in [-0.15, -0.1) is 0 Å². The van der Waals surface area contributed by atoms with Crippen molar-refractivity contribution in [2.45, 2.75) is 45.6 Å². The minimum Gasteiger partial charge on any atom is -0.465 e. The van der Waals surface area contributed by atoms with Crippen LogP contribution in [0.25, 0.3) is 0 Å². The second-order valence-corrected chi connectivity index (χ2v) is 8.96. The van der Waals surface area contributed by atoms with Crippen molar-refractivity contribution >= 4 is 18.1 Å². The highest BCUT2D eigenvalue weighted by Gasteiger charge is 2.30. The molecule has 2 unspecified atom stereocenters. The summed E-state index contributed by atoms with van der Waals surface area (Å²) in [4.78, 5) is 37.2. The van der Waals surface area contributed by atoms with Gasteiger partial charge in [0.25, 0.3) is 0 Å². The van der Waals surface area contributed by atoms with Crippen molar-refractivity contribution in [2.24, 2.45) is 11.8 Å². The van der Waals surface area contributed by atoms with Crippen LogP contribution in [0.15, 0.2) is 60.7 Å². The van der Waals surface area contributed by atoms with Crippen LogP contribution >= 0.6 is 0 Å². The van der Waals surface area contributed by atoms with Gasteiger partial charge in [-0.25, -0.2) is 4.79 Å². The van der Waals surface area contributed by atoms with Gasteiger partial charge in [-0.1, -0.05) is 66.3 Å². The van der Waals surface area contributed by atoms with Crippen LogP contribution in [0.1, 0.15) is 61.5 Å². The van der Waals surface area contributed by atoms with Crippen LogP contribution in [-0.2, 0) is 35.0 Å². The number of carbonyl (C=O) groups is 3. The van der Waals surface area contributed by atoms with Crippen molar-refractivity contribution < 1.29 is 33.3 Å². The monoisotopic (exact) mass is 542 g/mol. The Morgan fingerprint density at radius 1 is 0.925 bits per heavy atom. The van der Waals surface area contributed by atoms with Crippen molar-refractivity contribution in [1.82, 2.24) is 0 Å². The maximum absolute atomic E-state index is 12.5. The molecule has 0 bridgehead atoms. The molecule has 0 amide bonds. The average molecular weight is 543 g/mol. The van der Waals surface area contributed by atoms with E-state index in [1.54, 1.807) is 38.1 Å². The molecule has 0 radical (unpaired) electrons. The van der Waals surface area contributed by atoms with E-state index in [1.165, 1.54) is 7.11 Å². The second kappa shape index (κ2) is 15.8. The Kier molecular flexibility index (Phi) is 11.9. The smallest absolute Gasteiger partial charge is 0.465 e. The summed E-state index contributed by atoms with van der Waals surface area (Å²) in [6.45, 7) is 3.63. The fraction of sp³-hybridized carbons (Fsp3) is 0.364. The summed E-state index contributed by atoms with van der Waals surface area (Å²) in [6, 6.07) is 14.5. The minimum atomic E-state index is -1.13. The summed E-state index contributed by atoms with van der Waals surface area (Å²) < 4.78 is 20.5. The Balaban J connectivity index is 1.97. The highest BCUT2D eigenvalue weighted by molar-refractivity contribution is 5.95. The first kappa shape index (κ1) is 30.1. The van der Waals surface area contributed by atoms with E-state index >= 15 is 0 Å². The Labute approximate surface area is 235 Å². The van der Waals surface area contributed by atoms with Gasteiger partial charge in [0.15, 0.2) is 12.0 Å². The predicted molar refractivity (Wildman–Crippen MR) is 150 cm³/mol. The molecule has 0 saturated carbocycles. The fourth-order valence-corrected chi connectivity index (χ4v) is 4.19. The van der Waals surface area contributed by atoms with Crippen molar-refractivity contribution in [3.05, 3.63) is 82.9 Å². The molecule has 208 valence electrons. The van der Waals surface area contributed by atoms with Crippen LogP contribution in [0.3, 0.4) is 0 Å². The Hall–Kier alpha value is -4.49. The number of hydrogen-bond donors (Lipinski definition) is 0. The lowest BCUT2D eigenvalue weighted by atomic mass is 9.94. The molecule has 2 aromatic carbocycles. The third-order valence-electron chi connectivity index (χ3n) is 6.19. The highest BCUT2D eigenvalue weighted by Crippen LogP contribution is 2.23. The van der Waals surface area contributed by atoms with Crippen LogP contribution < -0.4 is 0 Å². The molecular weight excluding hydrogens is 508 g/mol. The molecule has 0 aliphatic heterocycles. The summed E-state index contributed by atoms with van der Waals surface area (Å²) >= 11 is 0. The van der Waals surface area contributed by atoms with Gasteiger partial charge in [0.05, 0.1) is 20.3 Å². The predicted octanol–water partition coefficient (Wildman–Crippen LogP) is 5.56. The number of rotatable bonds is 8. The van der Waals surface area contributed by atoms with E-state index in [-0.39, 0.29) is 25.6 Å². The van der Waals surface area contributed by atoms with Gasteiger partial charge in [0.2, 0.25) is 0 Å². The van der Waals surface area contributed by atoms with Gasteiger partial charge >= 0.3 is 18.1 Å². The molecule has 2 aromatic rings.